The van der Waals surface area contributed by atoms with Gasteiger partial charge in [0.05, 0.1) is 32.8 Å². The van der Waals surface area contributed by atoms with E-state index in [2.05, 4.69) is 27.4 Å². The SMILES string of the molecule is C=C(C)C(=O)OCCCC[N+](CCCC)(CCCC)CCCCC. The van der Waals surface area contributed by atoms with Crippen molar-refractivity contribution in [2.24, 2.45) is 0 Å². The van der Waals surface area contributed by atoms with E-state index >= 15 is 0 Å². The van der Waals surface area contributed by atoms with Gasteiger partial charge in [0.1, 0.15) is 0 Å². The molecule has 0 saturated heterocycles. The number of rotatable bonds is 16. The van der Waals surface area contributed by atoms with Crippen LogP contribution in [0.1, 0.15) is 85.5 Å². The van der Waals surface area contributed by atoms with E-state index in [1.165, 1.54) is 75.6 Å². The lowest BCUT2D eigenvalue weighted by Gasteiger charge is -2.39. The van der Waals surface area contributed by atoms with Crippen LogP contribution < -0.4 is 0 Å². The fourth-order valence-corrected chi connectivity index (χ4v) is 3.19. The number of carbonyl (C=O) groups is 1. The molecule has 0 unspecified atom stereocenters. The highest BCUT2D eigenvalue weighted by Gasteiger charge is 2.25. The van der Waals surface area contributed by atoms with Crippen molar-refractivity contribution in [3.63, 3.8) is 0 Å². The van der Waals surface area contributed by atoms with Crippen molar-refractivity contribution in [1.82, 2.24) is 0 Å². The molecule has 24 heavy (non-hydrogen) atoms. The molecule has 0 atom stereocenters. The molecule has 142 valence electrons. The van der Waals surface area contributed by atoms with Gasteiger partial charge in [-0.25, -0.2) is 4.79 Å². The Hall–Kier alpha value is -0.830. The molecule has 0 radical (unpaired) electrons. The van der Waals surface area contributed by atoms with Crippen LogP contribution >= 0.6 is 0 Å². The summed E-state index contributed by atoms with van der Waals surface area (Å²) >= 11 is 0. The first kappa shape index (κ1) is 23.2. The second-order valence-electron chi connectivity index (χ2n) is 7.27. The first-order valence-electron chi connectivity index (χ1n) is 10.2. The Labute approximate surface area is 151 Å². The molecule has 0 spiro atoms. The van der Waals surface area contributed by atoms with Crippen molar-refractivity contribution >= 4 is 5.97 Å². The first-order valence-corrected chi connectivity index (χ1v) is 10.2. The van der Waals surface area contributed by atoms with Gasteiger partial charge in [-0.2, -0.15) is 0 Å². The highest BCUT2D eigenvalue weighted by molar-refractivity contribution is 5.86. The summed E-state index contributed by atoms with van der Waals surface area (Å²) in [6, 6.07) is 0. The predicted molar refractivity (Wildman–Crippen MR) is 104 cm³/mol. The molecule has 0 fully saturated rings. The Balaban J connectivity index is 4.46. The van der Waals surface area contributed by atoms with Gasteiger partial charge in [0, 0.05) is 5.57 Å². The zero-order chi connectivity index (χ0) is 18.3. The molecule has 0 aliphatic rings. The van der Waals surface area contributed by atoms with Crippen LogP contribution in [0.3, 0.4) is 0 Å². The highest BCUT2D eigenvalue weighted by atomic mass is 16.5. The maximum absolute atomic E-state index is 11.4. The van der Waals surface area contributed by atoms with Gasteiger partial charge < -0.3 is 9.22 Å². The second kappa shape index (κ2) is 14.5. The largest absolute Gasteiger partial charge is 0.462 e. The quantitative estimate of drug-likeness (QED) is 0.161. The molecule has 0 aromatic carbocycles. The summed E-state index contributed by atoms with van der Waals surface area (Å²) in [5.41, 5.74) is 0.491. The molecule has 0 amide bonds. The Morgan fingerprint density at radius 3 is 1.71 bits per heavy atom. The summed E-state index contributed by atoms with van der Waals surface area (Å²) in [5.74, 6) is -0.254. The zero-order valence-corrected chi connectivity index (χ0v) is 16.9. The van der Waals surface area contributed by atoms with E-state index in [9.17, 15) is 4.79 Å². The third-order valence-corrected chi connectivity index (χ3v) is 4.82. The standard InChI is InChI=1S/C21H42NO2/c1-6-9-12-17-22(15-10-7-2,16-11-8-3)18-13-14-19-24-21(23)20(4)5/h4,6-19H2,1-3,5H3/q+1. The van der Waals surface area contributed by atoms with Crippen LogP contribution in [0, 0.1) is 0 Å². The molecular formula is C21H42NO2+. The van der Waals surface area contributed by atoms with Crippen LogP contribution in [0.4, 0.5) is 0 Å². The van der Waals surface area contributed by atoms with Crippen molar-refractivity contribution in [1.29, 1.82) is 0 Å². The Morgan fingerprint density at radius 2 is 1.25 bits per heavy atom. The minimum Gasteiger partial charge on any atom is -0.462 e. The van der Waals surface area contributed by atoms with Gasteiger partial charge in [0.2, 0.25) is 0 Å². The minimum absolute atomic E-state index is 0.254. The fourth-order valence-electron chi connectivity index (χ4n) is 3.19. The Kier molecular flexibility index (Phi) is 14.0. The van der Waals surface area contributed by atoms with Crippen molar-refractivity contribution in [2.75, 3.05) is 32.8 Å². The third kappa shape index (κ3) is 10.9. The van der Waals surface area contributed by atoms with E-state index in [4.69, 9.17) is 4.74 Å². The Morgan fingerprint density at radius 1 is 0.792 bits per heavy atom. The molecule has 0 heterocycles. The number of hydrogen-bond donors (Lipinski definition) is 0. The lowest BCUT2D eigenvalue weighted by molar-refractivity contribution is -0.929. The van der Waals surface area contributed by atoms with Gasteiger partial charge in [0.25, 0.3) is 0 Å². The molecular weight excluding hydrogens is 298 g/mol. The second-order valence-corrected chi connectivity index (χ2v) is 7.27. The molecule has 0 aliphatic heterocycles. The summed E-state index contributed by atoms with van der Waals surface area (Å²) in [6.45, 7) is 17.9. The van der Waals surface area contributed by atoms with E-state index in [0.717, 1.165) is 12.8 Å². The van der Waals surface area contributed by atoms with E-state index in [-0.39, 0.29) is 5.97 Å². The number of esters is 1. The van der Waals surface area contributed by atoms with E-state index in [0.29, 0.717) is 12.2 Å². The summed E-state index contributed by atoms with van der Waals surface area (Å²) in [5, 5.41) is 0. The minimum atomic E-state index is -0.254. The molecule has 0 N–H and O–H groups in total. The van der Waals surface area contributed by atoms with Crippen LogP contribution in [-0.2, 0) is 9.53 Å². The number of carbonyl (C=O) groups excluding carboxylic acids is 1. The highest BCUT2D eigenvalue weighted by Crippen LogP contribution is 2.17. The molecule has 3 nitrogen and oxygen atoms in total. The van der Waals surface area contributed by atoms with Gasteiger partial charge >= 0.3 is 5.97 Å². The number of nitrogens with zero attached hydrogens (tertiary/aromatic N) is 1. The molecule has 0 saturated carbocycles. The zero-order valence-electron chi connectivity index (χ0n) is 16.9. The van der Waals surface area contributed by atoms with Gasteiger partial charge in [-0.15, -0.1) is 0 Å². The first-order chi connectivity index (χ1) is 11.5. The van der Waals surface area contributed by atoms with Crippen LogP contribution in [-0.4, -0.2) is 43.2 Å². The van der Waals surface area contributed by atoms with Gasteiger partial charge in [-0.3, -0.25) is 0 Å². The normalized spacial score (nSPS) is 11.5. The maximum atomic E-state index is 11.4. The molecule has 3 heteroatoms. The summed E-state index contributed by atoms with van der Waals surface area (Å²) in [7, 11) is 0. The number of ether oxygens (including phenoxy) is 1. The Bertz CT molecular complexity index is 331. The average Bonchev–Trinajstić information content (AvgIpc) is 2.57. The van der Waals surface area contributed by atoms with Crippen LogP contribution in [0.5, 0.6) is 0 Å². The number of unbranched alkanes of at least 4 members (excludes halogenated alkanes) is 5. The fraction of sp³-hybridized carbons (Fsp3) is 0.857. The van der Waals surface area contributed by atoms with Gasteiger partial charge in [-0.1, -0.05) is 46.6 Å². The summed E-state index contributed by atoms with van der Waals surface area (Å²) in [4.78, 5) is 11.4. The van der Waals surface area contributed by atoms with E-state index in [1.54, 1.807) is 6.92 Å². The maximum Gasteiger partial charge on any atom is 0.333 e. The smallest absolute Gasteiger partial charge is 0.333 e. The topological polar surface area (TPSA) is 26.3 Å². The molecule has 0 aromatic rings. The van der Waals surface area contributed by atoms with Gasteiger partial charge in [0.15, 0.2) is 0 Å². The molecule has 0 rings (SSSR count). The summed E-state index contributed by atoms with van der Waals surface area (Å²) < 4.78 is 6.51. The number of quaternary nitrogens is 1. The van der Waals surface area contributed by atoms with Crippen LogP contribution in [0.25, 0.3) is 0 Å². The lowest BCUT2D eigenvalue weighted by atomic mass is 10.1. The number of hydrogen-bond acceptors (Lipinski definition) is 2. The van der Waals surface area contributed by atoms with Gasteiger partial charge in [-0.05, 0) is 45.4 Å². The third-order valence-electron chi connectivity index (χ3n) is 4.82. The monoisotopic (exact) mass is 340 g/mol. The summed E-state index contributed by atoms with van der Waals surface area (Å²) in [6.07, 6.45) is 11.3. The average molecular weight is 341 g/mol. The predicted octanol–water partition coefficient (Wildman–Crippen LogP) is 5.49. The van der Waals surface area contributed by atoms with E-state index < -0.39 is 0 Å². The van der Waals surface area contributed by atoms with Crippen molar-refractivity contribution < 1.29 is 14.0 Å². The lowest BCUT2D eigenvalue weighted by Crippen LogP contribution is -2.50. The van der Waals surface area contributed by atoms with Crippen LogP contribution in [0.15, 0.2) is 12.2 Å². The van der Waals surface area contributed by atoms with Crippen molar-refractivity contribution in [3.05, 3.63) is 12.2 Å². The van der Waals surface area contributed by atoms with Crippen molar-refractivity contribution in [3.8, 4) is 0 Å². The van der Waals surface area contributed by atoms with Crippen LogP contribution in [0.2, 0.25) is 0 Å². The van der Waals surface area contributed by atoms with E-state index in [1.807, 2.05) is 0 Å². The molecule has 0 bridgehead atoms. The van der Waals surface area contributed by atoms with Crippen molar-refractivity contribution in [2.45, 2.75) is 85.5 Å². The molecule has 0 aromatic heterocycles. The molecule has 0 aliphatic carbocycles.